The Bertz CT molecular complexity index is 1150. The first-order valence-electron chi connectivity index (χ1n) is 9.82. The molecule has 2 heterocycles. The number of para-hydroxylation sites is 1. The Kier molecular flexibility index (Phi) is 5.29. The quantitative estimate of drug-likeness (QED) is 0.586. The van der Waals surface area contributed by atoms with Gasteiger partial charge in [0.15, 0.2) is 22.9 Å². The van der Waals surface area contributed by atoms with E-state index in [-0.39, 0.29) is 12.3 Å². The summed E-state index contributed by atoms with van der Waals surface area (Å²) in [7, 11) is 3.09. The normalized spacial score (nSPS) is 17.5. The summed E-state index contributed by atoms with van der Waals surface area (Å²) in [5.41, 5.74) is -0.214. The number of aliphatic hydroxyl groups is 1. The monoisotopic (exact) mass is 421 g/mol. The lowest BCUT2D eigenvalue weighted by atomic mass is 9.89. The summed E-state index contributed by atoms with van der Waals surface area (Å²) < 4.78 is 16.0. The number of methoxy groups -OCH3 is 2. The number of hydrogen-bond acceptors (Lipinski definition) is 6. The van der Waals surface area contributed by atoms with Gasteiger partial charge in [-0.1, -0.05) is 24.3 Å². The molecule has 3 aromatic rings. The Labute approximate surface area is 179 Å². The highest BCUT2D eigenvalue weighted by atomic mass is 16.5. The standard InChI is InChI=1S/C24H23NO6/c1-15-8-10-20(31-15)19(26)13-24(28)17-6-4-5-7-18(17)25(23(24)27)14-16-9-11-21(29-2)22(12-16)30-3/h4-12,28H,13-14H2,1-3H3/t24-/m1/s1. The van der Waals surface area contributed by atoms with E-state index in [2.05, 4.69) is 0 Å². The minimum atomic E-state index is -1.97. The van der Waals surface area contributed by atoms with Gasteiger partial charge >= 0.3 is 0 Å². The molecule has 1 atom stereocenters. The van der Waals surface area contributed by atoms with Crippen LogP contribution in [-0.2, 0) is 16.9 Å². The number of amides is 1. The smallest absolute Gasteiger partial charge is 0.264 e. The molecule has 7 heteroatoms. The second kappa shape index (κ2) is 7.92. The number of anilines is 1. The maximum absolute atomic E-state index is 13.4. The van der Waals surface area contributed by atoms with Crippen LogP contribution in [0.2, 0.25) is 0 Å². The average Bonchev–Trinajstić information content (AvgIpc) is 3.30. The van der Waals surface area contributed by atoms with E-state index in [1.807, 2.05) is 6.07 Å². The van der Waals surface area contributed by atoms with Crippen molar-refractivity contribution in [2.75, 3.05) is 19.1 Å². The highest BCUT2D eigenvalue weighted by molar-refractivity contribution is 6.10. The Morgan fingerprint density at radius 3 is 2.48 bits per heavy atom. The van der Waals surface area contributed by atoms with Gasteiger partial charge in [0.1, 0.15) is 5.76 Å². The minimum Gasteiger partial charge on any atom is -0.493 e. The van der Waals surface area contributed by atoms with Gasteiger partial charge in [0.2, 0.25) is 5.78 Å². The number of ketones is 1. The summed E-state index contributed by atoms with van der Waals surface area (Å²) in [4.78, 5) is 27.6. The SMILES string of the molecule is COc1ccc(CN2C(=O)[C@@](O)(CC(=O)c3ccc(C)o3)c3ccccc32)cc1OC. The molecule has 31 heavy (non-hydrogen) atoms. The lowest BCUT2D eigenvalue weighted by Gasteiger charge is -2.22. The van der Waals surface area contributed by atoms with Gasteiger partial charge in [-0.25, -0.2) is 0 Å². The second-order valence-corrected chi connectivity index (χ2v) is 7.47. The zero-order valence-corrected chi connectivity index (χ0v) is 17.5. The Hall–Kier alpha value is -3.58. The third-order valence-electron chi connectivity index (χ3n) is 5.46. The predicted molar refractivity (Wildman–Crippen MR) is 113 cm³/mol. The van der Waals surface area contributed by atoms with Gasteiger partial charge in [0.05, 0.1) is 32.9 Å². The maximum atomic E-state index is 13.4. The second-order valence-electron chi connectivity index (χ2n) is 7.47. The molecule has 1 aliphatic heterocycles. The van der Waals surface area contributed by atoms with Crippen LogP contribution >= 0.6 is 0 Å². The van der Waals surface area contributed by atoms with Crippen molar-refractivity contribution < 1.29 is 28.6 Å². The van der Waals surface area contributed by atoms with Crippen LogP contribution in [0.4, 0.5) is 5.69 Å². The molecule has 0 radical (unpaired) electrons. The van der Waals surface area contributed by atoms with Gasteiger partial charge in [-0.2, -0.15) is 0 Å². The molecule has 0 bridgehead atoms. The van der Waals surface area contributed by atoms with Gasteiger partial charge in [0, 0.05) is 5.56 Å². The molecule has 2 aromatic carbocycles. The number of benzene rings is 2. The summed E-state index contributed by atoms with van der Waals surface area (Å²) in [5.74, 6) is 0.832. The van der Waals surface area contributed by atoms with Crippen molar-refractivity contribution in [1.29, 1.82) is 0 Å². The first-order chi connectivity index (χ1) is 14.9. The number of nitrogens with zero attached hydrogens (tertiary/aromatic N) is 1. The van der Waals surface area contributed by atoms with E-state index < -0.39 is 23.7 Å². The van der Waals surface area contributed by atoms with Crippen molar-refractivity contribution in [3.05, 3.63) is 77.2 Å². The van der Waals surface area contributed by atoms with Crippen LogP contribution in [0.25, 0.3) is 0 Å². The molecular formula is C24H23NO6. The van der Waals surface area contributed by atoms with E-state index in [1.54, 1.807) is 69.7 Å². The fraction of sp³-hybridized carbons (Fsp3) is 0.250. The zero-order valence-electron chi connectivity index (χ0n) is 17.5. The van der Waals surface area contributed by atoms with Crippen molar-refractivity contribution in [2.45, 2.75) is 25.5 Å². The highest BCUT2D eigenvalue weighted by Crippen LogP contribution is 2.44. The number of rotatable bonds is 7. The largest absolute Gasteiger partial charge is 0.493 e. The number of Topliss-reactive ketones (excluding diaryl/α,β-unsaturated/α-hetero) is 1. The summed E-state index contributed by atoms with van der Waals surface area (Å²) in [5, 5.41) is 11.4. The molecule has 0 spiro atoms. The average molecular weight is 421 g/mol. The number of furan rings is 1. The van der Waals surface area contributed by atoms with Crippen LogP contribution in [-0.4, -0.2) is 31.0 Å². The summed E-state index contributed by atoms with van der Waals surface area (Å²) >= 11 is 0. The fourth-order valence-corrected chi connectivity index (χ4v) is 3.90. The van der Waals surface area contributed by atoms with Gasteiger partial charge in [-0.3, -0.25) is 9.59 Å². The van der Waals surface area contributed by atoms with Crippen molar-refractivity contribution in [1.82, 2.24) is 0 Å². The van der Waals surface area contributed by atoms with E-state index in [4.69, 9.17) is 13.9 Å². The lowest BCUT2D eigenvalue weighted by Crippen LogP contribution is -2.41. The molecule has 0 saturated heterocycles. The third kappa shape index (κ3) is 3.57. The van der Waals surface area contributed by atoms with Crippen molar-refractivity contribution in [3.8, 4) is 11.5 Å². The molecule has 0 saturated carbocycles. The van der Waals surface area contributed by atoms with Crippen LogP contribution < -0.4 is 14.4 Å². The fourth-order valence-electron chi connectivity index (χ4n) is 3.90. The number of carbonyl (C=O) groups excluding carboxylic acids is 2. The van der Waals surface area contributed by atoms with Gasteiger partial charge < -0.3 is 23.9 Å². The molecule has 1 amide bonds. The number of carbonyl (C=O) groups is 2. The van der Waals surface area contributed by atoms with Crippen LogP contribution in [0.15, 0.2) is 59.0 Å². The molecule has 1 N–H and O–H groups in total. The van der Waals surface area contributed by atoms with E-state index in [1.165, 1.54) is 4.90 Å². The zero-order chi connectivity index (χ0) is 22.2. The number of aryl methyl sites for hydroxylation is 1. The van der Waals surface area contributed by atoms with Crippen LogP contribution in [0.1, 0.15) is 33.9 Å². The van der Waals surface area contributed by atoms with Crippen LogP contribution in [0.5, 0.6) is 11.5 Å². The maximum Gasteiger partial charge on any atom is 0.264 e. The molecule has 0 unspecified atom stereocenters. The van der Waals surface area contributed by atoms with E-state index in [0.717, 1.165) is 5.56 Å². The van der Waals surface area contributed by atoms with Crippen molar-refractivity contribution >= 4 is 17.4 Å². The summed E-state index contributed by atoms with van der Waals surface area (Å²) in [6.45, 7) is 1.93. The van der Waals surface area contributed by atoms with E-state index in [9.17, 15) is 14.7 Å². The minimum absolute atomic E-state index is 0.120. The molecule has 0 fully saturated rings. The topological polar surface area (TPSA) is 89.2 Å². The van der Waals surface area contributed by atoms with Crippen LogP contribution in [0, 0.1) is 6.92 Å². The highest BCUT2D eigenvalue weighted by Gasteiger charge is 2.51. The Balaban J connectivity index is 1.67. The van der Waals surface area contributed by atoms with Crippen molar-refractivity contribution in [2.24, 2.45) is 0 Å². The summed E-state index contributed by atoms with van der Waals surface area (Å²) in [6.07, 6.45) is -0.405. The molecule has 7 nitrogen and oxygen atoms in total. The molecule has 4 rings (SSSR count). The number of ether oxygens (including phenoxy) is 2. The predicted octanol–water partition coefficient (Wildman–Crippen LogP) is 3.61. The first-order valence-corrected chi connectivity index (χ1v) is 9.82. The molecule has 1 aromatic heterocycles. The van der Waals surface area contributed by atoms with E-state index in [0.29, 0.717) is 28.5 Å². The number of fused-ring (bicyclic) bond motifs is 1. The Morgan fingerprint density at radius 1 is 1.06 bits per heavy atom. The molecule has 0 aliphatic carbocycles. The molecule has 160 valence electrons. The van der Waals surface area contributed by atoms with Gasteiger partial charge in [0.25, 0.3) is 5.91 Å². The van der Waals surface area contributed by atoms with Gasteiger partial charge in [-0.05, 0) is 42.8 Å². The summed E-state index contributed by atoms with van der Waals surface area (Å²) in [6, 6.07) is 15.5. The van der Waals surface area contributed by atoms with Crippen LogP contribution in [0.3, 0.4) is 0 Å². The molecule has 1 aliphatic rings. The van der Waals surface area contributed by atoms with Gasteiger partial charge in [-0.15, -0.1) is 0 Å². The first kappa shape index (κ1) is 20.7. The molecular weight excluding hydrogens is 398 g/mol. The van der Waals surface area contributed by atoms with Crippen molar-refractivity contribution in [3.63, 3.8) is 0 Å². The number of hydrogen-bond donors (Lipinski definition) is 1. The Morgan fingerprint density at radius 2 is 1.81 bits per heavy atom. The third-order valence-corrected chi connectivity index (χ3v) is 5.46. The van der Waals surface area contributed by atoms with E-state index >= 15 is 0 Å². The lowest BCUT2D eigenvalue weighted by molar-refractivity contribution is -0.136.